The Morgan fingerprint density at radius 2 is 1.60 bits per heavy atom. The molecule has 0 aromatic heterocycles. The minimum atomic E-state index is 0.644. The summed E-state index contributed by atoms with van der Waals surface area (Å²) >= 11 is 0. The summed E-state index contributed by atoms with van der Waals surface area (Å²) in [4.78, 5) is 2.48. The van der Waals surface area contributed by atoms with E-state index in [1.54, 1.807) is 0 Å². The van der Waals surface area contributed by atoms with Crippen LogP contribution in [0.25, 0.3) is 17.2 Å². The van der Waals surface area contributed by atoms with Gasteiger partial charge in [-0.3, -0.25) is 0 Å². The van der Waals surface area contributed by atoms with Crippen molar-refractivity contribution in [2.75, 3.05) is 24.6 Å². The van der Waals surface area contributed by atoms with Gasteiger partial charge >= 0.3 is 0 Å². The van der Waals surface area contributed by atoms with Gasteiger partial charge in [-0.2, -0.15) is 0 Å². The van der Waals surface area contributed by atoms with Crippen molar-refractivity contribution in [2.24, 2.45) is 0 Å². The van der Waals surface area contributed by atoms with E-state index in [2.05, 4.69) is 68.6 Å². The average molecular weight is 338 g/mol. The number of anilines is 1. The Balaban J connectivity index is 2.71. The molecule has 134 valence electrons. The van der Waals surface area contributed by atoms with E-state index < -0.39 is 0 Å². The van der Waals surface area contributed by atoms with E-state index >= 15 is 0 Å². The highest BCUT2D eigenvalue weighted by molar-refractivity contribution is 5.87. The maximum Gasteiger partial charge on any atom is 0.136 e. The zero-order valence-electron chi connectivity index (χ0n) is 16.1. The van der Waals surface area contributed by atoms with Gasteiger partial charge in [-0.1, -0.05) is 56.3 Å². The molecule has 0 radical (unpaired) electrons. The Bertz CT molecular complexity index is 682. The van der Waals surface area contributed by atoms with E-state index in [1.807, 2.05) is 13.0 Å². The molecule has 25 heavy (non-hydrogen) atoms. The largest absolute Gasteiger partial charge is 0.493 e. The van der Waals surface area contributed by atoms with Gasteiger partial charge in [0.2, 0.25) is 0 Å². The molecule has 2 heteroatoms. The molecule has 2 rings (SSSR count). The number of benzene rings is 2. The zero-order valence-corrected chi connectivity index (χ0v) is 16.1. The summed E-state index contributed by atoms with van der Waals surface area (Å²) in [7, 11) is 0. The number of hydrogen-bond donors (Lipinski definition) is 0. The number of rotatable bonds is 9. The monoisotopic (exact) mass is 337 g/mol. The van der Waals surface area contributed by atoms with Gasteiger partial charge in [-0.25, -0.2) is 0 Å². The van der Waals surface area contributed by atoms with Crippen LogP contribution in [0.1, 0.15) is 44.7 Å². The molecule has 0 bridgehead atoms. The fourth-order valence-corrected chi connectivity index (χ4v) is 3.20. The Kier molecular flexibility index (Phi) is 7.12. The Morgan fingerprint density at radius 3 is 2.12 bits per heavy atom. The van der Waals surface area contributed by atoms with Crippen LogP contribution in [0.3, 0.4) is 0 Å². The topological polar surface area (TPSA) is 12.5 Å². The van der Waals surface area contributed by atoms with E-state index in [9.17, 15) is 0 Å². The van der Waals surface area contributed by atoms with Gasteiger partial charge in [-0.05, 0) is 44.4 Å². The van der Waals surface area contributed by atoms with Crippen molar-refractivity contribution in [3.63, 3.8) is 0 Å². The van der Waals surface area contributed by atoms with Crippen LogP contribution in [0.5, 0.6) is 5.75 Å². The maximum atomic E-state index is 6.09. The van der Waals surface area contributed by atoms with Crippen molar-refractivity contribution in [3.05, 3.63) is 54.1 Å². The predicted molar refractivity (Wildman–Crippen MR) is 111 cm³/mol. The molecule has 0 fully saturated rings. The predicted octanol–water partition coefficient (Wildman–Crippen LogP) is 6.33. The van der Waals surface area contributed by atoms with Crippen molar-refractivity contribution in [2.45, 2.75) is 40.5 Å². The fraction of sp³-hybridized carbons (Fsp3) is 0.391. The second kappa shape index (κ2) is 9.31. The first kappa shape index (κ1) is 19.1. The lowest BCUT2D eigenvalue weighted by Crippen LogP contribution is -2.25. The third-order valence-electron chi connectivity index (χ3n) is 4.34. The number of nitrogens with zero attached hydrogens (tertiary/aromatic N) is 1. The number of hydrogen-bond acceptors (Lipinski definition) is 2. The second-order valence-electron chi connectivity index (χ2n) is 6.37. The fourth-order valence-electron chi connectivity index (χ4n) is 3.20. The van der Waals surface area contributed by atoms with Crippen molar-refractivity contribution in [3.8, 4) is 16.9 Å². The molecular weight excluding hydrogens is 306 g/mol. The summed E-state index contributed by atoms with van der Waals surface area (Å²) in [5, 5.41) is 0. The lowest BCUT2D eigenvalue weighted by molar-refractivity contribution is 0.341. The van der Waals surface area contributed by atoms with Crippen LogP contribution in [0.15, 0.2) is 43.0 Å². The molecule has 0 N–H and O–H groups in total. The second-order valence-corrected chi connectivity index (χ2v) is 6.37. The van der Waals surface area contributed by atoms with Gasteiger partial charge in [0.15, 0.2) is 0 Å². The molecule has 2 nitrogen and oxygen atoms in total. The summed E-state index contributed by atoms with van der Waals surface area (Å²) in [6.45, 7) is 15.3. The molecular formula is C23H31NO. The Morgan fingerprint density at radius 1 is 0.960 bits per heavy atom. The molecule has 0 atom stereocenters. The molecule has 0 spiro atoms. The quantitative estimate of drug-likeness (QED) is 0.530. The molecule has 0 unspecified atom stereocenters. The Labute approximate surface area is 153 Å². The van der Waals surface area contributed by atoms with Gasteiger partial charge in [0.25, 0.3) is 0 Å². The molecule has 0 aliphatic carbocycles. The molecule has 0 amide bonds. The molecule has 2 aromatic rings. The van der Waals surface area contributed by atoms with Crippen LogP contribution in [-0.4, -0.2) is 19.7 Å². The summed E-state index contributed by atoms with van der Waals surface area (Å²) in [5.41, 5.74) is 5.95. The third kappa shape index (κ3) is 4.45. The lowest BCUT2D eigenvalue weighted by Gasteiger charge is -2.28. The third-order valence-corrected chi connectivity index (χ3v) is 4.34. The van der Waals surface area contributed by atoms with Crippen LogP contribution in [-0.2, 0) is 0 Å². The Hall–Kier alpha value is -2.22. The highest BCUT2D eigenvalue weighted by atomic mass is 16.5. The van der Waals surface area contributed by atoms with E-state index in [0.29, 0.717) is 6.61 Å². The molecule has 2 aromatic carbocycles. The van der Waals surface area contributed by atoms with Crippen molar-refractivity contribution >= 4 is 11.8 Å². The molecule has 0 heterocycles. The van der Waals surface area contributed by atoms with E-state index in [1.165, 1.54) is 22.4 Å². The lowest BCUT2D eigenvalue weighted by atomic mass is 9.97. The molecule has 0 saturated heterocycles. The normalized spacial score (nSPS) is 10.6. The smallest absolute Gasteiger partial charge is 0.136 e. The maximum absolute atomic E-state index is 6.09. The van der Waals surface area contributed by atoms with E-state index in [4.69, 9.17) is 4.74 Å². The molecule has 0 saturated carbocycles. The van der Waals surface area contributed by atoms with Crippen LogP contribution in [0.4, 0.5) is 5.69 Å². The SMILES string of the molecule is C=Cc1ccc(N(CCC)CCC)c(-c2ccc(C)cc2)c1OCC. The summed E-state index contributed by atoms with van der Waals surface area (Å²) in [6.07, 6.45) is 4.14. The molecule has 0 aliphatic heterocycles. The van der Waals surface area contributed by atoms with Crippen molar-refractivity contribution < 1.29 is 4.74 Å². The first-order valence-electron chi connectivity index (χ1n) is 9.40. The standard InChI is InChI=1S/C23H31NO/c1-6-16-24(17-7-2)21-15-14-19(8-3)23(25-9-4)22(21)20-12-10-18(5)11-13-20/h8,10-15H,3,6-7,9,16-17H2,1-2,4-5H3. The first-order valence-corrected chi connectivity index (χ1v) is 9.40. The molecule has 0 aliphatic rings. The van der Waals surface area contributed by atoms with Crippen LogP contribution < -0.4 is 9.64 Å². The summed E-state index contributed by atoms with van der Waals surface area (Å²) in [5.74, 6) is 0.941. The minimum Gasteiger partial charge on any atom is -0.493 e. The summed E-state index contributed by atoms with van der Waals surface area (Å²) in [6, 6.07) is 13.1. The van der Waals surface area contributed by atoms with Gasteiger partial charge in [0.05, 0.1) is 6.61 Å². The van der Waals surface area contributed by atoms with Crippen molar-refractivity contribution in [1.29, 1.82) is 0 Å². The highest BCUT2D eigenvalue weighted by Gasteiger charge is 2.19. The van der Waals surface area contributed by atoms with Gasteiger partial charge in [0.1, 0.15) is 5.75 Å². The average Bonchev–Trinajstić information content (AvgIpc) is 2.62. The number of ether oxygens (including phenoxy) is 1. The van der Waals surface area contributed by atoms with E-state index in [-0.39, 0.29) is 0 Å². The first-order chi connectivity index (χ1) is 12.2. The van der Waals surface area contributed by atoms with Crippen molar-refractivity contribution in [1.82, 2.24) is 0 Å². The van der Waals surface area contributed by atoms with Gasteiger partial charge in [-0.15, -0.1) is 0 Å². The van der Waals surface area contributed by atoms with Gasteiger partial charge < -0.3 is 9.64 Å². The van der Waals surface area contributed by atoms with Gasteiger partial charge in [0, 0.05) is 29.9 Å². The van der Waals surface area contributed by atoms with E-state index in [0.717, 1.165) is 37.2 Å². The van der Waals surface area contributed by atoms with Crippen LogP contribution >= 0.6 is 0 Å². The zero-order chi connectivity index (χ0) is 18.2. The van der Waals surface area contributed by atoms with Crippen LogP contribution in [0, 0.1) is 6.92 Å². The minimum absolute atomic E-state index is 0.644. The number of aryl methyl sites for hydroxylation is 1. The summed E-state index contributed by atoms with van der Waals surface area (Å²) < 4.78 is 6.09. The van der Waals surface area contributed by atoms with Crippen LogP contribution in [0.2, 0.25) is 0 Å². The highest BCUT2D eigenvalue weighted by Crippen LogP contribution is 2.42.